The number of benzene rings is 2. The van der Waals surface area contributed by atoms with Gasteiger partial charge in [0.2, 0.25) is 0 Å². The summed E-state index contributed by atoms with van der Waals surface area (Å²) < 4.78 is 13.5. The van der Waals surface area contributed by atoms with E-state index in [9.17, 15) is 9.59 Å². The molecular weight excluding hydrogens is 398 g/mol. The van der Waals surface area contributed by atoms with Crippen LogP contribution in [0.25, 0.3) is 20.4 Å². The van der Waals surface area contributed by atoms with Crippen LogP contribution in [0.15, 0.2) is 46.9 Å². The highest BCUT2D eigenvalue weighted by Gasteiger charge is 2.13. The van der Waals surface area contributed by atoms with Crippen molar-refractivity contribution in [2.45, 2.75) is 6.54 Å². The Morgan fingerprint density at radius 1 is 1.14 bits per heavy atom. The third kappa shape index (κ3) is 3.41. The fourth-order valence-electron chi connectivity index (χ4n) is 2.75. The number of methoxy groups -OCH3 is 2. The van der Waals surface area contributed by atoms with E-state index in [1.54, 1.807) is 41.5 Å². The third-order valence-corrected chi connectivity index (χ3v) is 6.01. The number of amides is 1. The van der Waals surface area contributed by atoms with E-state index < -0.39 is 5.97 Å². The molecule has 0 unspecified atom stereocenters. The van der Waals surface area contributed by atoms with E-state index in [0.717, 1.165) is 20.4 Å². The van der Waals surface area contributed by atoms with Crippen LogP contribution in [-0.2, 0) is 16.1 Å². The number of esters is 1. The first-order chi connectivity index (χ1) is 13.6. The van der Waals surface area contributed by atoms with Crippen LogP contribution >= 0.6 is 22.7 Å². The second-order valence-electron chi connectivity index (χ2n) is 5.83. The van der Waals surface area contributed by atoms with Crippen LogP contribution in [0.4, 0.5) is 0 Å². The normalized spacial score (nSPS) is 11.9. The molecule has 0 aliphatic carbocycles. The fourth-order valence-corrected chi connectivity index (χ4v) is 4.52. The number of aromatic nitrogens is 2. The quantitative estimate of drug-likeness (QED) is 0.480. The molecule has 0 bridgehead atoms. The van der Waals surface area contributed by atoms with Crippen LogP contribution in [0, 0.1) is 0 Å². The van der Waals surface area contributed by atoms with Gasteiger partial charge in [0.25, 0.3) is 5.91 Å². The van der Waals surface area contributed by atoms with Gasteiger partial charge < -0.3 is 14.0 Å². The summed E-state index contributed by atoms with van der Waals surface area (Å²) in [7, 11) is 2.91. The molecule has 7 nitrogen and oxygen atoms in total. The molecule has 0 aliphatic rings. The van der Waals surface area contributed by atoms with E-state index in [4.69, 9.17) is 9.47 Å². The Morgan fingerprint density at radius 2 is 2.00 bits per heavy atom. The van der Waals surface area contributed by atoms with Crippen molar-refractivity contribution >= 4 is 55.0 Å². The molecule has 4 rings (SSSR count). The van der Waals surface area contributed by atoms with E-state index in [1.807, 2.05) is 12.1 Å². The molecule has 4 aromatic rings. The number of thiazole rings is 2. The summed E-state index contributed by atoms with van der Waals surface area (Å²) in [5.74, 6) is -0.115. The average Bonchev–Trinajstić information content (AvgIpc) is 3.31. The lowest BCUT2D eigenvalue weighted by Crippen LogP contribution is -2.22. The number of carbonyl (C=O) groups is 2. The largest absolute Gasteiger partial charge is 0.497 e. The fraction of sp³-hybridized carbons (Fsp3) is 0.158. The van der Waals surface area contributed by atoms with Gasteiger partial charge in [-0.3, -0.25) is 9.59 Å². The third-order valence-electron chi connectivity index (χ3n) is 4.18. The Hall–Kier alpha value is -3.04. The number of carbonyl (C=O) groups excluding carboxylic acids is 2. The van der Waals surface area contributed by atoms with Crippen molar-refractivity contribution in [1.82, 2.24) is 9.55 Å². The molecule has 2 aromatic carbocycles. The lowest BCUT2D eigenvalue weighted by molar-refractivity contribution is -0.141. The SMILES string of the molecule is COC(=O)Cn1c(=NC(=O)c2ccc3ncsc3c2)sc2cc(OC)ccc21. The maximum absolute atomic E-state index is 12.8. The Morgan fingerprint density at radius 3 is 2.79 bits per heavy atom. The van der Waals surface area contributed by atoms with Gasteiger partial charge in [-0.2, -0.15) is 4.99 Å². The van der Waals surface area contributed by atoms with Crippen LogP contribution in [0.5, 0.6) is 5.75 Å². The molecule has 0 radical (unpaired) electrons. The lowest BCUT2D eigenvalue weighted by atomic mass is 10.2. The van der Waals surface area contributed by atoms with Crippen molar-refractivity contribution in [3.05, 3.63) is 52.3 Å². The number of hydrogen-bond acceptors (Lipinski definition) is 7. The zero-order valence-electron chi connectivity index (χ0n) is 15.0. The Bertz CT molecular complexity index is 1270. The minimum Gasteiger partial charge on any atom is -0.497 e. The summed E-state index contributed by atoms with van der Waals surface area (Å²) in [5, 5.41) is 0. The first-order valence-corrected chi connectivity index (χ1v) is 9.95. The van der Waals surface area contributed by atoms with Crippen LogP contribution in [0.2, 0.25) is 0 Å². The topological polar surface area (TPSA) is 82.8 Å². The summed E-state index contributed by atoms with van der Waals surface area (Å²) in [6, 6.07) is 10.8. The Kier molecular flexibility index (Phi) is 4.93. The second kappa shape index (κ2) is 7.53. The van der Waals surface area contributed by atoms with Gasteiger partial charge in [-0.1, -0.05) is 11.3 Å². The molecular formula is C19H15N3O4S2. The summed E-state index contributed by atoms with van der Waals surface area (Å²) >= 11 is 2.78. The predicted octanol–water partition coefficient (Wildman–Crippen LogP) is 3.24. The van der Waals surface area contributed by atoms with Gasteiger partial charge >= 0.3 is 5.97 Å². The van der Waals surface area contributed by atoms with Crippen molar-refractivity contribution in [1.29, 1.82) is 0 Å². The van der Waals surface area contributed by atoms with Gasteiger partial charge in [-0.25, -0.2) is 4.98 Å². The number of fused-ring (bicyclic) bond motifs is 2. The first-order valence-electron chi connectivity index (χ1n) is 8.25. The molecule has 0 spiro atoms. The maximum atomic E-state index is 12.8. The average molecular weight is 413 g/mol. The van der Waals surface area contributed by atoms with E-state index in [0.29, 0.717) is 16.1 Å². The van der Waals surface area contributed by atoms with E-state index in [-0.39, 0.29) is 12.5 Å². The molecule has 28 heavy (non-hydrogen) atoms. The van der Waals surface area contributed by atoms with Gasteiger partial charge in [0, 0.05) is 5.56 Å². The van der Waals surface area contributed by atoms with Crippen LogP contribution in [0.3, 0.4) is 0 Å². The number of ether oxygens (including phenoxy) is 2. The van der Waals surface area contributed by atoms with Crippen LogP contribution in [0.1, 0.15) is 10.4 Å². The van der Waals surface area contributed by atoms with E-state index in [1.165, 1.54) is 29.8 Å². The maximum Gasteiger partial charge on any atom is 0.325 e. The molecule has 0 aliphatic heterocycles. The van der Waals surface area contributed by atoms with Crippen LogP contribution < -0.4 is 9.54 Å². The highest BCUT2D eigenvalue weighted by atomic mass is 32.1. The molecule has 1 amide bonds. The molecule has 0 saturated heterocycles. The summed E-state index contributed by atoms with van der Waals surface area (Å²) in [6.45, 7) is -0.0389. The van der Waals surface area contributed by atoms with Gasteiger partial charge in [-0.15, -0.1) is 11.3 Å². The molecule has 2 heterocycles. The molecule has 0 fully saturated rings. The standard InChI is InChI=1S/C19H15N3O4S2/c1-25-12-4-6-14-16(8-12)28-19(22(14)9-17(23)26-2)21-18(24)11-3-5-13-15(7-11)27-10-20-13/h3-8,10H,9H2,1-2H3. The smallest absolute Gasteiger partial charge is 0.325 e. The summed E-state index contributed by atoms with van der Waals surface area (Å²) in [4.78, 5) is 33.5. The van der Waals surface area contributed by atoms with Crippen molar-refractivity contribution in [2.24, 2.45) is 4.99 Å². The van der Waals surface area contributed by atoms with E-state index in [2.05, 4.69) is 9.98 Å². The summed E-state index contributed by atoms with van der Waals surface area (Å²) in [6.07, 6.45) is 0. The summed E-state index contributed by atoms with van der Waals surface area (Å²) in [5.41, 5.74) is 3.83. The Balaban J connectivity index is 1.83. The van der Waals surface area contributed by atoms with Crippen LogP contribution in [-0.4, -0.2) is 35.6 Å². The number of hydrogen-bond donors (Lipinski definition) is 0. The van der Waals surface area contributed by atoms with Crippen molar-refractivity contribution in [2.75, 3.05) is 14.2 Å². The number of rotatable bonds is 4. The minimum absolute atomic E-state index is 0.0389. The molecule has 2 aromatic heterocycles. The van der Waals surface area contributed by atoms with Gasteiger partial charge in [0.05, 0.1) is 40.2 Å². The van der Waals surface area contributed by atoms with Crippen molar-refractivity contribution < 1.29 is 19.1 Å². The van der Waals surface area contributed by atoms with Gasteiger partial charge in [0.15, 0.2) is 4.80 Å². The molecule has 0 N–H and O–H groups in total. The minimum atomic E-state index is -0.421. The molecule has 0 saturated carbocycles. The molecule has 0 atom stereocenters. The number of nitrogens with zero attached hydrogens (tertiary/aromatic N) is 3. The molecule has 142 valence electrons. The zero-order valence-corrected chi connectivity index (χ0v) is 16.7. The zero-order chi connectivity index (χ0) is 19.7. The highest BCUT2D eigenvalue weighted by Crippen LogP contribution is 2.24. The van der Waals surface area contributed by atoms with Gasteiger partial charge in [-0.05, 0) is 36.4 Å². The first kappa shape index (κ1) is 18.3. The van der Waals surface area contributed by atoms with Crippen molar-refractivity contribution in [3.63, 3.8) is 0 Å². The predicted molar refractivity (Wildman–Crippen MR) is 108 cm³/mol. The monoisotopic (exact) mass is 413 g/mol. The highest BCUT2D eigenvalue weighted by molar-refractivity contribution is 7.17. The van der Waals surface area contributed by atoms with Gasteiger partial charge in [0.1, 0.15) is 12.3 Å². The second-order valence-corrected chi connectivity index (χ2v) is 7.73. The Labute approximate surface area is 167 Å². The van der Waals surface area contributed by atoms with Crippen molar-refractivity contribution in [3.8, 4) is 5.75 Å². The molecule has 9 heteroatoms. The lowest BCUT2D eigenvalue weighted by Gasteiger charge is -2.04. The van der Waals surface area contributed by atoms with E-state index >= 15 is 0 Å².